The van der Waals surface area contributed by atoms with Gasteiger partial charge in [0.1, 0.15) is 11.5 Å². The van der Waals surface area contributed by atoms with Crippen molar-refractivity contribution in [2.24, 2.45) is 0 Å². The van der Waals surface area contributed by atoms with Crippen molar-refractivity contribution in [3.8, 4) is 22.8 Å². The number of aryl methyl sites for hydroxylation is 1. The van der Waals surface area contributed by atoms with Gasteiger partial charge in [-0.1, -0.05) is 0 Å². The maximum atomic E-state index is 5.35. The summed E-state index contributed by atoms with van der Waals surface area (Å²) in [6, 6.07) is 5.75. The van der Waals surface area contributed by atoms with Crippen molar-refractivity contribution in [2.75, 3.05) is 14.2 Å². The first-order chi connectivity index (χ1) is 7.76. The van der Waals surface area contributed by atoms with Gasteiger partial charge in [0.15, 0.2) is 0 Å². The number of rotatable bonds is 3. The van der Waals surface area contributed by atoms with Gasteiger partial charge in [-0.25, -0.2) is 4.98 Å². The molecule has 0 bridgehead atoms. The van der Waals surface area contributed by atoms with E-state index in [0.29, 0.717) is 0 Å². The molecule has 1 heterocycles. The van der Waals surface area contributed by atoms with E-state index in [1.807, 2.05) is 23.7 Å². The van der Waals surface area contributed by atoms with Crippen molar-refractivity contribution in [3.05, 3.63) is 28.6 Å². The van der Waals surface area contributed by atoms with Gasteiger partial charge in [-0.05, 0) is 19.1 Å². The highest BCUT2D eigenvalue weighted by atomic mass is 32.1. The Bertz CT molecular complexity index is 494. The van der Waals surface area contributed by atoms with Crippen LogP contribution in [-0.2, 0) is 0 Å². The molecule has 3 nitrogen and oxygen atoms in total. The molecule has 0 aliphatic rings. The van der Waals surface area contributed by atoms with Gasteiger partial charge in [-0.3, -0.25) is 0 Å². The second kappa shape index (κ2) is 4.53. The Balaban J connectivity index is 2.53. The third-order valence-corrected chi connectivity index (χ3v) is 3.17. The SMILES string of the molecule is COc1ccc(-c2ncsc2C)c(OC)c1. The van der Waals surface area contributed by atoms with E-state index in [0.717, 1.165) is 22.8 Å². The highest BCUT2D eigenvalue weighted by molar-refractivity contribution is 7.10. The number of ether oxygens (including phenoxy) is 2. The number of methoxy groups -OCH3 is 2. The van der Waals surface area contributed by atoms with E-state index < -0.39 is 0 Å². The summed E-state index contributed by atoms with van der Waals surface area (Å²) in [6.07, 6.45) is 0. The van der Waals surface area contributed by atoms with Crippen LogP contribution < -0.4 is 9.47 Å². The molecule has 0 unspecified atom stereocenters. The molecule has 1 aromatic carbocycles. The number of hydrogen-bond acceptors (Lipinski definition) is 4. The third kappa shape index (κ3) is 1.88. The van der Waals surface area contributed by atoms with Crippen molar-refractivity contribution in [1.29, 1.82) is 0 Å². The van der Waals surface area contributed by atoms with Gasteiger partial charge in [0.25, 0.3) is 0 Å². The lowest BCUT2D eigenvalue weighted by Crippen LogP contribution is -1.91. The summed E-state index contributed by atoms with van der Waals surface area (Å²) in [4.78, 5) is 5.53. The summed E-state index contributed by atoms with van der Waals surface area (Å²) in [7, 11) is 3.29. The standard InChI is InChI=1S/C12H13NO2S/c1-8-12(13-7-16-8)10-5-4-9(14-2)6-11(10)15-3/h4-7H,1-3H3. The molecule has 0 amide bonds. The van der Waals surface area contributed by atoms with Gasteiger partial charge < -0.3 is 9.47 Å². The van der Waals surface area contributed by atoms with E-state index in [1.54, 1.807) is 25.6 Å². The highest BCUT2D eigenvalue weighted by Crippen LogP contribution is 2.34. The monoisotopic (exact) mass is 235 g/mol. The van der Waals surface area contributed by atoms with Crippen molar-refractivity contribution in [2.45, 2.75) is 6.92 Å². The number of benzene rings is 1. The quantitative estimate of drug-likeness (QED) is 0.819. The van der Waals surface area contributed by atoms with Crippen molar-refractivity contribution in [1.82, 2.24) is 4.98 Å². The highest BCUT2D eigenvalue weighted by Gasteiger charge is 2.11. The summed E-state index contributed by atoms with van der Waals surface area (Å²) < 4.78 is 10.5. The van der Waals surface area contributed by atoms with E-state index in [4.69, 9.17) is 9.47 Å². The van der Waals surface area contributed by atoms with E-state index in [-0.39, 0.29) is 0 Å². The Morgan fingerprint density at radius 2 is 2.00 bits per heavy atom. The van der Waals surface area contributed by atoms with Crippen LogP contribution >= 0.6 is 11.3 Å². The molecule has 0 aliphatic carbocycles. The van der Waals surface area contributed by atoms with Crippen molar-refractivity contribution >= 4 is 11.3 Å². The Morgan fingerprint density at radius 3 is 2.56 bits per heavy atom. The van der Waals surface area contributed by atoms with Crippen LogP contribution in [0.5, 0.6) is 11.5 Å². The van der Waals surface area contributed by atoms with Gasteiger partial charge >= 0.3 is 0 Å². The predicted molar refractivity (Wildman–Crippen MR) is 65.4 cm³/mol. The van der Waals surface area contributed by atoms with Gasteiger partial charge in [-0.2, -0.15) is 0 Å². The van der Waals surface area contributed by atoms with E-state index in [9.17, 15) is 0 Å². The fourth-order valence-corrected chi connectivity index (χ4v) is 2.15. The lowest BCUT2D eigenvalue weighted by Gasteiger charge is -2.09. The number of hydrogen-bond donors (Lipinski definition) is 0. The topological polar surface area (TPSA) is 31.4 Å². The van der Waals surface area contributed by atoms with Crippen LogP contribution in [0, 0.1) is 6.92 Å². The molecule has 4 heteroatoms. The van der Waals surface area contributed by atoms with Gasteiger partial charge in [0.05, 0.1) is 25.4 Å². The Labute approximate surface area is 98.7 Å². The predicted octanol–water partition coefficient (Wildman–Crippen LogP) is 3.14. The molecule has 84 valence electrons. The van der Waals surface area contributed by atoms with E-state index in [1.165, 1.54) is 4.88 Å². The third-order valence-electron chi connectivity index (χ3n) is 2.41. The fraction of sp³-hybridized carbons (Fsp3) is 0.250. The summed E-state index contributed by atoms with van der Waals surface area (Å²) in [5, 5.41) is 0. The first-order valence-electron chi connectivity index (χ1n) is 4.88. The minimum atomic E-state index is 0.786. The zero-order chi connectivity index (χ0) is 11.5. The van der Waals surface area contributed by atoms with E-state index >= 15 is 0 Å². The second-order valence-electron chi connectivity index (χ2n) is 3.32. The summed E-state index contributed by atoms with van der Waals surface area (Å²) in [6.45, 7) is 2.05. The molecule has 0 saturated carbocycles. The zero-order valence-corrected chi connectivity index (χ0v) is 10.3. The van der Waals surface area contributed by atoms with Crippen molar-refractivity contribution < 1.29 is 9.47 Å². The zero-order valence-electron chi connectivity index (χ0n) is 9.48. The van der Waals surface area contributed by atoms with Crippen molar-refractivity contribution in [3.63, 3.8) is 0 Å². The first-order valence-corrected chi connectivity index (χ1v) is 5.76. The maximum absolute atomic E-state index is 5.35. The Hall–Kier alpha value is -1.55. The molecular weight excluding hydrogens is 222 g/mol. The Kier molecular flexibility index (Phi) is 3.10. The first kappa shape index (κ1) is 11.0. The summed E-state index contributed by atoms with van der Waals surface area (Å²) in [5.74, 6) is 1.57. The maximum Gasteiger partial charge on any atom is 0.131 e. The molecule has 0 saturated heterocycles. The lowest BCUT2D eigenvalue weighted by atomic mass is 10.1. The average Bonchev–Trinajstić information content (AvgIpc) is 2.74. The van der Waals surface area contributed by atoms with Gasteiger partial charge in [0, 0.05) is 16.5 Å². The molecule has 0 spiro atoms. The fourth-order valence-electron chi connectivity index (χ4n) is 1.56. The molecule has 2 aromatic rings. The molecule has 2 rings (SSSR count). The molecule has 0 fully saturated rings. The largest absolute Gasteiger partial charge is 0.497 e. The number of nitrogens with zero attached hydrogens (tertiary/aromatic N) is 1. The summed E-state index contributed by atoms with van der Waals surface area (Å²) >= 11 is 1.63. The van der Waals surface area contributed by atoms with E-state index in [2.05, 4.69) is 11.9 Å². The molecule has 1 aromatic heterocycles. The van der Waals surface area contributed by atoms with Crippen LogP contribution in [0.3, 0.4) is 0 Å². The molecule has 16 heavy (non-hydrogen) atoms. The Morgan fingerprint density at radius 1 is 1.19 bits per heavy atom. The molecular formula is C12H13NO2S. The van der Waals surface area contributed by atoms with Crippen LogP contribution in [0.25, 0.3) is 11.3 Å². The van der Waals surface area contributed by atoms with Crippen LogP contribution in [0.2, 0.25) is 0 Å². The number of thiazole rings is 1. The number of aromatic nitrogens is 1. The molecule has 0 aliphatic heterocycles. The molecule has 0 radical (unpaired) electrons. The smallest absolute Gasteiger partial charge is 0.131 e. The minimum absolute atomic E-state index is 0.786. The normalized spacial score (nSPS) is 10.2. The summed E-state index contributed by atoms with van der Waals surface area (Å²) in [5.41, 5.74) is 3.82. The lowest BCUT2D eigenvalue weighted by molar-refractivity contribution is 0.395. The minimum Gasteiger partial charge on any atom is -0.497 e. The van der Waals surface area contributed by atoms with Crippen LogP contribution in [0.4, 0.5) is 0 Å². The molecule has 0 N–H and O–H groups in total. The van der Waals surface area contributed by atoms with Crippen LogP contribution in [0.1, 0.15) is 4.88 Å². The van der Waals surface area contributed by atoms with Gasteiger partial charge in [-0.15, -0.1) is 11.3 Å². The van der Waals surface area contributed by atoms with Gasteiger partial charge in [0.2, 0.25) is 0 Å². The van der Waals surface area contributed by atoms with Crippen LogP contribution in [-0.4, -0.2) is 19.2 Å². The molecule has 0 atom stereocenters. The average molecular weight is 235 g/mol. The van der Waals surface area contributed by atoms with Crippen LogP contribution in [0.15, 0.2) is 23.7 Å². The second-order valence-corrected chi connectivity index (χ2v) is 4.38.